The van der Waals surface area contributed by atoms with Crippen LogP contribution in [0.5, 0.6) is 0 Å². The van der Waals surface area contributed by atoms with E-state index in [-0.39, 0.29) is 27.8 Å². The molecule has 0 bridgehead atoms. The molecule has 0 saturated heterocycles. The average molecular weight is 465 g/mol. The summed E-state index contributed by atoms with van der Waals surface area (Å²) in [7, 11) is -3.98. The van der Waals surface area contributed by atoms with Crippen LogP contribution in [0.15, 0.2) is 47.4 Å². The summed E-state index contributed by atoms with van der Waals surface area (Å²) in [5.74, 6) is -2.46. The third-order valence-corrected chi connectivity index (χ3v) is 7.13. The van der Waals surface area contributed by atoms with E-state index in [1.165, 1.54) is 16.7 Å². The van der Waals surface area contributed by atoms with Crippen LogP contribution < -0.4 is 0 Å². The number of alkyl halides is 2. The van der Waals surface area contributed by atoms with Gasteiger partial charge in [0.25, 0.3) is 6.43 Å². The zero-order valence-corrected chi connectivity index (χ0v) is 18.1. The predicted molar refractivity (Wildman–Crippen MR) is 114 cm³/mol. The van der Waals surface area contributed by atoms with Crippen LogP contribution in [0, 0.1) is 5.82 Å². The fraction of sp³-hybridized carbons (Fsp3) is 0.348. The van der Waals surface area contributed by atoms with E-state index in [4.69, 9.17) is 0 Å². The Morgan fingerprint density at radius 3 is 2.50 bits per heavy atom. The van der Waals surface area contributed by atoms with E-state index in [0.29, 0.717) is 30.5 Å². The standard InChI is InChI=1S/C23H22F3NO4S/c1-32(30,31)18-12-15(24)11-17-16-9-5-8-14(10-19(28)29)20(16)27(22(17)18)21(23(25)26)13-6-3-2-4-7-13/h2-4,6-7,11-12,14,21,23H,5,8-10H2,1H3,(H,28,29). The van der Waals surface area contributed by atoms with Crippen LogP contribution in [-0.2, 0) is 21.1 Å². The second-order valence-electron chi connectivity index (χ2n) is 8.18. The SMILES string of the molecule is CS(=O)(=O)c1cc(F)cc2c3c(n(C(c4ccccc4)C(F)F)c12)C(CC(=O)O)CCC3. The van der Waals surface area contributed by atoms with Gasteiger partial charge in [0.2, 0.25) is 0 Å². The Labute approximate surface area is 183 Å². The van der Waals surface area contributed by atoms with Crippen LogP contribution in [0.1, 0.15) is 48.0 Å². The van der Waals surface area contributed by atoms with Crippen molar-refractivity contribution >= 4 is 26.7 Å². The monoisotopic (exact) mass is 465 g/mol. The number of carboxylic acid groups (broad SMARTS) is 1. The Hall–Kier alpha value is -2.81. The zero-order valence-electron chi connectivity index (χ0n) is 17.3. The first-order valence-electron chi connectivity index (χ1n) is 10.2. The van der Waals surface area contributed by atoms with Gasteiger partial charge in [0, 0.05) is 23.3 Å². The lowest BCUT2D eigenvalue weighted by molar-refractivity contribution is -0.137. The Morgan fingerprint density at radius 1 is 1.22 bits per heavy atom. The minimum Gasteiger partial charge on any atom is -0.481 e. The summed E-state index contributed by atoms with van der Waals surface area (Å²) < 4.78 is 70.1. The number of benzene rings is 2. The van der Waals surface area contributed by atoms with Gasteiger partial charge in [-0.05, 0) is 42.5 Å². The Morgan fingerprint density at radius 2 is 1.91 bits per heavy atom. The van der Waals surface area contributed by atoms with E-state index >= 15 is 0 Å². The summed E-state index contributed by atoms with van der Waals surface area (Å²) in [5.41, 5.74) is 1.16. The molecule has 1 aliphatic rings. The Bertz CT molecular complexity index is 1290. The molecule has 4 rings (SSSR count). The quantitative estimate of drug-likeness (QED) is 0.560. The van der Waals surface area contributed by atoms with Gasteiger partial charge >= 0.3 is 5.97 Å². The molecule has 0 radical (unpaired) electrons. The number of halogens is 3. The maximum absolute atomic E-state index is 14.6. The first-order valence-corrected chi connectivity index (χ1v) is 12.1. The third-order valence-electron chi connectivity index (χ3n) is 6.02. The van der Waals surface area contributed by atoms with Crippen LogP contribution in [0.4, 0.5) is 13.2 Å². The van der Waals surface area contributed by atoms with Crippen LogP contribution in [-0.4, -0.2) is 36.7 Å². The molecule has 2 atom stereocenters. The van der Waals surface area contributed by atoms with E-state index in [1.807, 2.05) is 0 Å². The molecular weight excluding hydrogens is 443 g/mol. The first kappa shape index (κ1) is 22.4. The molecule has 1 aliphatic carbocycles. The molecular formula is C23H22F3NO4S. The first-order chi connectivity index (χ1) is 15.1. The van der Waals surface area contributed by atoms with E-state index in [0.717, 1.165) is 18.4 Å². The van der Waals surface area contributed by atoms with E-state index in [1.54, 1.807) is 18.2 Å². The van der Waals surface area contributed by atoms with Crippen LogP contribution in [0.3, 0.4) is 0 Å². The molecule has 1 N–H and O–H groups in total. The van der Waals surface area contributed by atoms with Crippen molar-refractivity contribution in [3.05, 3.63) is 65.1 Å². The molecule has 5 nitrogen and oxygen atoms in total. The number of carbonyl (C=O) groups is 1. The minimum absolute atomic E-state index is 0.00495. The lowest BCUT2D eigenvalue weighted by atomic mass is 9.84. The fourth-order valence-electron chi connectivity index (χ4n) is 4.86. The Balaban J connectivity index is 2.18. The van der Waals surface area contributed by atoms with Gasteiger partial charge in [-0.25, -0.2) is 21.6 Å². The molecule has 3 aromatic rings. The van der Waals surface area contributed by atoms with Crippen molar-refractivity contribution in [2.24, 2.45) is 0 Å². The van der Waals surface area contributed by atoms with Crippen LogP contribution in [0.25, 0.3) is 10.9 Å². The number of nitrogens with zero attached hydrogens (tertiary/aromatic N) is 1. The van der Waals surface area contributed by atoms with E-state index < -0.39 is 40.0 Å². The second kappa shape index (κ2) is 8.27. The number of aryl methyl sites for hydroxylation is 1. The van der Waals surface area contributed by atoms with Crippen molar-refractivity contribution in [1.82, 2.24) is 4.57 Å². The summed E-state index contributed by atoms with van der Waals surface area (Å²) in [6.07, 6.45) is -0.818. The minimum atomic E-state index is -3.98. The smallest absolute Gasteiger partial charge is 0.304 e. The molecule has 170 valence electrons. The summed E-state index contributed by atoms with van der Waals surface area (Å²) >= 11 is 0. The molecule has 32 heavy (non-hydrogen) atoms. The topological polar surface area (TPSA) is 76.4 Å². The molecule has 1 heterocycles. The van der Waals surface area contributed by atoms with E-state index in [2.05, 4.69) is 0 Å². The molecule has 0 saturated carbocycles. The number of fused-ring (bicyclic) bond motifs is 3. The van der Waals surface area contributed by atoms with Gasteiger partial charge in [-0.1, -0.05) is 30.3 Å². The van der Waals surface area contributed by atoms with Gasteiger partial charge in [0.1, 0.15) is 11.9 Å². The van der Waals surface area contributed by atoms with Gasteiger partial charge < -0.3 is 9.67 Å². The summed E-state index contributed by atoms with van der Waals surface area (Å²) in [5, 5.41) is 9.68. The maximum atomic E-state index is 14.6. The van der Waals surface area contributed by atoms with Gasteiger partial charge in [-0.3, -0.25) is 4.79 Å². The van der Waals surface area contributed by atoms with Crippen molar-refractivity contribution in [1.29, 1.82) is 0 Å². The van der Waals surface area contributed by atoms with Gasteiger partial charge in [-0.15, -0.1) is 0 Å². The summed E-state index contributed by atoms with van der Waals surface area (Å²) in [6.45, 7) is 0. The fourth-order valence-corrected chi connectivity index (χ4v) is 5.75. The summed E-state index contributed by atoms with van der Waals surface area (Å²) in [6, 6.07) is 8.39. The van der Waals surface area contributed by atoms with Crippen molar-refractivity contribution in [3.63, 3.8) is 0 Å². The van der Waals surface area contributed by atoms with Crippen molar-refractivity contribution in [3.8, 4) is 0 Å². The van der Waals surface area contributed by atoms with E-state index in [9.17, 15) is 31.5 Å². The van der Waals surface area contributed by atoms with Crippen molar-refractivity contribution < 1.29 is 31.5 Å². The highest BCUT2D eigenvalue weighted by Crippen LogP contribution is 2.46. The van der Waals surface area contributed by atoms with Crippen LogP contribution in [0.2, 0.25) is 0 Å². The average Bonchev–Trinajstić information content (AvgIpc) is 3.02. The summed E-state index contributed by atoms with van der Waals surface area (Å²) in [4.78, 5) is 11.2. The molecule has 2 unspecified atom stereocenters. The van der Waals surface area contributed by atoms with Gasteiger partial charge in [-0.2, -0.15) is 0 Å². The normalized spacial score (nSPS) is 17.5. The molecule has 0 amide bonds. The number of sulfone groups is 1. The van der Waals surface area contributed by atoms with Crippen LogP contribution >= 0.6 is 0 Å². The Kier molecular flexibility index (Phi) is 5.79. The van der Waals surface area contributed by atoms with Crippen molar-refractivity contribution in [2.45, 2.75) is 49.0 Å². The number of carboxylic acids is 1. The number of aliphatic carboxylic acids is 1. The molecule has 0 fully saturated rings. The van der Waals surface area contributed by atoms with Gasteiger partial charge in [0.05, 0.1) is 16.8 Å². The highest BCUT2D eigenvalue weighted by atomic mass is 32.2. The molecule has 1 aromatic heterocycles. The number of aromatic nitrogens is 1. The second-order valence-corrected chi connectivity index (χ2v) is 10.2. The molecule has 9 heteroatoms. The zero-order chi connectivity index (χ0) is 23.2. The maximum Gasteiger partial charge on any atom is 0.304 e. The molecule has 2 aromatic carbocycles. The number of hydrogen-bond donors (Lipinski definition) is 1. The lowest BCUT2D eigenvalue weighted by Crippen LogP contribution is -2.25. The molecule has 0 aliphatic heterocycles. The third kappa shape index (κ3) is 3.90. The molecule has 0 spiro atoms. The predicted octanol–water partition coefficient (Wildman–Crippen LogP) is 4.93. The number of rotatable bonds is 6. The largest absolute Gasteiger partial charge is 0.481 e. The van der Waals surface area contributed by atoms with Gasteiger partial charge in [0.15, 0.2) is 9.84 Å². The lowest BCUT2D eigenvalue weighted by Gasteiger charge is -2.29. The highest BCUT2D eigenvalue weighted by molar-refractivity contribution is 7.91. The highest BCUT2D eigenvalue weighted by Gasteiger charge is 2.37. The number of hydrogen-bond acceptors (Lipinski definition) is 3. The van der Waals surface area contributed by atoms with Crippen molar-refractivity contribution in [2.75, 3.05) is 6.26 Å².